The van der Waals surface area contributed by atoms with Crippen molar-refractivity contribution >= 4 is 0 Å². The van der Waals surface area contributed by atoms with E-state index in [9.17, 15) is 0 Å². The summed E-state index contributed by atoms with van der Waals surface area (Å²) in [7, 11) is 0. The third-order valence-electron chi connectivity index (χ3n) is 3.75. The van der Waals surface area contributed by atoms with Crippen molar-refractivity contribution in [3.05, 3.63) is 17.7 Å². The molecule has 0 saturated carbocycles. The van der Waals surface area contributed by atoms with E-state index in [0.29, 0.717) is 18.6 Å². The number of rotatable bonds is 6. The molecule has 5 heteroatoms. The minimum Gasteiger partial charge on any atom is -0.493 e. The van der Waals surface area contributed by atoms with Gasteiger partial charge in [-0.25, -0.2) is 0 Å². The molecule has 2 aliphatic heterocycles. The lowest BCUT2D eigenvalue weighted by molar-refractivity contribution is 0.166. The van der Waals surface area contributed by atoms with Gasteiger partial charge < -0.3 is 24.3 Å². The minimum absolute atomic E-state index is 0.284. The molecule has 1 N–H and O–H groups in total. The van der Waals surface area contributed by atoms with Gasteiger partial charge in [-0.2, -0.15) is 0 Å². The molecule has 2 aliphatic rings. The van der Waals surface area contributed by atoms with Gasteiger partial charge in [0, 0.05) is 36.7 Å². The Kier molecular flexibility index (Phi) is 4.51. The highest BCUT2D eigenvalue weighted by atomic mass is 16.7. The molecule has 0 amide bonds. The van der Waals surface area contributed by atoms with Crippen molar-refractivity contribution in [3.8, 4) is 17.2 Å². The summed E-state index contributed by atoms with van der Waals surface area (Å²) in [6.45, 7) is 7.62. The Morgan fingerprint density at radius 2 is 2.10 bits per heavy atom. The van der Waals surface area contributed by atoms with Crippen molar-refractivity contribution in [2.45, 2.75) is 32.9 Å². The number of hydrogen-bond donors (Lipinski definition) is 1. The van der Waals surface area contributed by atoms with E-state index in [-0.39, 0.29) is 6.79 Å². The van der Waals surface area contributed by atoms with Gasteiger partial charge in [0.15, 0.2) is 11.5 Å². The van der Waals surface area contributed by atoms with Gasteiger partial charge in [-0.15, -0.1) is 0 Å². The van der Waals surface area contributed by atoms with E-state index >= 15 is 0 Å². The van der Waals surface area contributed by atoms with Crippen LogP contribution in [0.4, 0.5) is 0 Å². The lowest BCUT2D eigenvalue weighted by Crippen LogP contribution is -2.22. The molecule has 1 aromatic carbocycles. The van der Waals surface area contributed by atoms with Crippen LogP contribution >= 0.6 is 0 Å². The van der Waals surface area contributed by atoms with Crippen LogP contribution in [0.15, 0.2) is 12.1 Å². The number of fused-ring (bicyclic) bond motifs is 1. The van der Waals surface area contributed by atoms with Crippen LogP contribution in [0.2, 0.25) is 0 Å². The predicted octanol–water partition coefficient (Wildman–Crippen LogP) is 2.33. The molecule has 0 bridgehead atoms. The van der Waals surface area contributed by atoms with E-state index in [1.165, 1.54) is 0 Å². The van der Waals surface area contributed by atoms with E-state index in [4.69, 9.17) is 18.9 Å². The van der Waals surface area contributed by atoms with E-state index < -0.39 is 0 Å². The largest absolute Gasteiger partial charge is 0.493 e. The molecule has 0 radical (unpaired) electrons. The molecular formula is C16H23NO4. The Hall–Kier alpha value is -1.46. The lowest BCUT2D eigenvalue weighted by Gasteiger charge is -2.16. The maximum Gasteiger partial charge on any atom is 0.231 e. The zero-order valence-corrected chi connectivity index (χ0v) is 12.7. The fraction of sp³-hybridized carbons (Fsp3) is 0.625. The fourth-order valence-electron chi connectivity index (χ4n) is 2.47. The molecule has 116 valence electrons. The first-order valence-corrected chi connectivity index (χ1v) is 7.59. The first-order valence-electron chi connectivity index (χ1n) is 7.59. The molecular weight excluding hydrogens is 270 g/mol. The molecule has 0 aliphatic carbocycles. The number of hydrogen-bond acceptors (Lipinski definition) is 5. The van der Waals surface area contributed by atoms with E-state index in [1.54, 1.807) is 0 Å². The van der Waals surface area contributed by atoms with Crippen LogP contribution in [0.1, 0.15) is 25.8 Å². The molecule has 1 atom stereocenters. The SMILES string of the molecule is CC(C)NCc1cc2c(cc1OCC1CCOC1)OCO2. The second kappa shape index (κ2) is 6.54. The number of benzene rings is 1. The van der Waals surface area contributed by atoms with Crippen LogP contribution in [0, 0.1) is 5.92 Å². The van der Waals surface area contributed by atoms with Crippen LogP contribution in [0.25, 0.3) is 0 Å². The predicted molar refractivity (Wildman–Crippen MR) is 79.0 cm³/mol. The summed E-state index contributed by atoms with van der Waals surface area (Å²) in [6, 6.07) is 4.37. The van der Waals surface area contributed by atoms with Crippen LogP contribution in [-0.2, 0) is 11.3 Å². The molecule has 3 rings (SSSR count). The Bertz CT molecular complexity index is 483. The third-order valence-corrected chi connectivity index (χ3v) is 3.75. The van der Waals surface area contributed by atoms with Gasteiger partial charge >= 0.3 is 0 Å². The summed E-state index contributed by atoms with van der Waals surface area (Å²) in [6.07, 6.45) is 1.07. The Morgan fingerprint density at radius 3 is 2.81 bits per heavy atom. The summed E-state index contributed by atoms with van der Waals surface area (Å²) in [5.74, 6) is 2.92. The molecule has 1 saturated heterocycles. The van der Waals surface area contributed by atoms with Crippen LogP contribution in [-0.4, -0.2) is 32.7 Å². The second-order valence-electron chi connectivity index (χ2n) is 5.89. The Balaban J connectivity index is 1.72. The summed E-state index contributed by atoms with van der Waals surface area (Å²) in [5, 5.41) is 3.42. The molecule has 21 heavy (non-hydrogen) atoms. The van der Waals surface area contributed by atoms with Gasteiger partial charge in [0.25, 0.3) is 0 Å². The van der Waals surface area contributed by atoms with Crippen LogP contribution in [0.5, 0.6) is 17.2 Å². The van der Waals surface area contributed by atoms with Gasteiger partial charge in [-0.1, -0.05) is 13.8 Å². The molecule has 1 aromatic rings. The zero-order chi connectivity index (χ0) is 14.7. The van der Waals surface area contributed by atoms with Gasteiger partial charge in [-0.05, 0) is 12.5 Å². The van der Waals surface area contributed by atoms with Crippen molar-refractivity contribution in [3.63, 3.8) is 0 Å². The van der Waals surface area contributed by atoms with Gasteiger partial charge in [0.2, 0.25) is 6.79 Å². The second-order valence-corrected chi connectivity index (χ2v) is 5.89. The van der Waals surface area contributed by atoms with E-state index in [1.807, 2.05) is 12.1 Å². The van der Waals surface area contributed by atoms with Crippen molar-refractivity contribution in [2.75, 3.05) is 26.6 Å². The average Bonchev–Trinajstić information content (AvgIpc) is 3.12. The Morgan fingerprint density at radius 1 is 1.29 bits per heavy atom. The van der Waals surface area contributed by atoms with E-state index in [0.717, 1.165) is 49.0 Å². The molecule has 1 fully saturated rings. The van der Waals surface area contributed by atoms with Crippen molar-refractivity contribution in [1.29, 1.82) is 0 Å². The third kappa shape index (κ3) is 3.60. The van der Waals surface area contributed by atoms with Gasteiger partial charge in [0.1, 0.15) is 5.75 Å². The Labute approximate surface area is 125 Å². The van der Waals surface area contributed by atoms with Gasteiger partial charge in [0.05, 0.1) is 13.2 Å². The highest BCUT2D eigenvalue weighted by molar-refractivity contribution is 5.51. The molecule has 1 unspecified atom stereocenters. The molecule has 5 nitrogen and oxygen atoms in total. The summed E-state index contributed by atoms with van der Waals surface area (Å²) in [4.78, 5) is 0. The summed E-state index contributed by atoms with van der Waals surface area (Å²) < 4.78 is 22.3. The number of nitrogens with one attached hydrogen (secondary N) is 1. The summed E-state index contributed by atoms with van der Waals surface area (Å²) >= 11 is 0. The first-order chi connectivity index (χ1) is 10.2. The highest BCUT2D eigenvalue weighted by Crippen LogP contribution is 2.38. The average molecular weight is 293 g/mol. The van der Waals surface area contributed by atoms with Gasteiger partial charge in [-0.3, -0.25) is 0 Å². The van der Waals surface area contributed by atoms with Crippen molar-refractivity contribution in [1.82, 2.24) is 5.32 Å². The maximum absolute atomic E-state index is 6.02. The number of ether oxygens (including phenoxy) is 4. The normalized spacial score (nSPS) is 20.2. The highest BCUT2D eigenvalue weighted by Gasteiger charge is 2.20. The zero-order valence-electron chi connectivity index (χ0n) is 12.7. The molecule has 2 heterocycles. The van der Waals surface area contributed by atoms with Crippen molar-refractivity contribution < 1.29 is 18.9 Å². The lowest BCUT2D eigenvalue weighted by atomic mass is 10.1. The quantitative estimate of drug-likeness (QED) is 0.872. The van der Waals surface area contributed by atoms with E-state index in [2.05, 4.69) is 19.2 Å². The topological polar surface area (TPSA) is 49.0 Å². The smallest absolute Gasteiger partial charge is 0.231 e. The molecule has 0 spiro atoms. The summed E-state index contributed by atoms with van der Waals surface area (Å²) in [5.41, 5.74) is 1.10. The monoisotopic (exact) mass is 293 g/mol. The minimum atomic E-state index is 0.284. The maximum atomic E-state index is 6.02. The molecule has 0 aromatic heterocycles. The fourth-order valence-corrected chi connectivity index (χ4v) is 2.47. The van der Waals surface area contributed by atoms with Crippen molar-refractivity contribution in [2.24, 2.45) is 5.92 Å². The van der Waals surface area contributed by atoms with Crippen LogP contribution < -0.4 is 19.5 Å². The first kappa shape index (κ1) is 14.5. The van der Waals surface area contributed by atoms with Crippen LogP contribution in [0.3, 0.4) is 0 Å². The standard InChI is InChI=1S/C16H23NO4/c1-11(2)17-7-13-5-15-16(21-10-20-15)6-14(13)19-9-12-3-4-18-8-12/h5-6,11-12,17H,3-4,7-10H2,1-2H3.